The van der Waals surface area contributed by atoms with Gasteiger partial charge in [0, 0.05) is 11.1 Å². The first kappa shape index (κ1) is 15.4. The van der Waals surface area contributed by atoms with Crippen LogP contribution < -0.4 is 10.6 Å². The Bertz CT molecular complexity index is 538. The molecular weight excluding hydrogens is 294 g/mol. The lowest BCUT2D eigenvalue weighted by atomic mass is 10.00. The van der Waals surface area contributed by atoms with E-state index in [1.807, 2.05) is 0 Å². The zero-order chi connectivity index (χ0) is 15.8. The van der Waals surface area contributed by atoms with E-state index >= 15 is 0 Å². The van der Waals surface area contributed by atoms with Gasteiger partial charge in [-0.05, 0) is 26.8 Å². The van der Waals surface area contributed by atoms with Crippen molar-refractivity contribution in [3.63, 3.8) is 0 Å². The van der Waals surface area contributed by atoms with Crippen molar-refractivity contribution < 1.29 is 19.1 Å². The van der Waals surface area contributed by atoms with Crippen LogP contribution in [0.3, 0.4) is 0 Å². The molecule has 7 nitrogen and oxygen atoms in total. The SMILES string of the molecule is CC(C)(C)OC(=O)NC1CN([C@H]2C(=O)NC=CC2=S)C1=O. The summed E-state index contributed by atoms with van der Waals surface area (Å²) in [5.41, 5.74) is -0.633. The zero-order valence-electron chi connectivity index (χ0n) is 12.0. The van der Waals surface area contributed by atoms with E-state index in [2.05, 4.69) is 10.6 Å². The lowest BCUT2D eigenvalue weighted by Crippen LogP contribution is -2.70. The molecular formula is C13H17N3O4S. The maximum atomic E-state index is 12.0. The van der Waals surface area contributed by atoms with E-state index in [4.69, 9.17) is 17.0 Å². The Morgan fingerprint density at radius 3 is 2.67 bits per heavy atom. The van der Waals surface area contributed by atoms with Crippen LogP contribution in [0.15, 0.2) is 12.3 Å². The molecule has 2 atom stereocenters. The van der Waals surface area contributed by atoms with Gasteiger partial charge in [0.05, 0.1) is 6.54 Å². The number of thiocarbonyl (C=S) groups is 1. The second-order valence-corrected chi connectivity index (χ2v) is 6.31. The van der Waals surface area contributed by atoms with Gasteiger partial charge >= 0.3 is 6.09 Å². The molecule has 21 heavy (non-hydrogen) atoms. The lowest BCUT2D eigenvalue weighted by molar-refractivity contribution is -0.149. The van der Waals surface area contributed by atoms with Crippen molar-refractivity contribution >= 4 is 35.0 Å². The number of nitrogens with zero attached hydrogens (tertiary/aromatic N) is 1. The number of rotatable bonds is 2. The van der Waals surface area contributed by atoms with E-state index in [0.29, 0.717) is 4.86 Å². The third kappa shape index (κ3) is 3.38. The molecule has 114 valence electrons. The molecule has 2 aliphatic rings. The monoisotopic (exact) mass is 311 g/mol. The van der Waals surface area contributed by atoms with Gasteiger partial charge in [-0.3, -0.25) is 9.59 Å². The molecule has 0 aromatic carbocycles. The van der Waals surface area contributed by atoms with Crippen molar-refractivity contribution in [3.8, 4) is 0 Å². The minimum atomic E-state index is -0.783. The van der Waals surface area contributed by atoms with Gasteiger partial charge in [0.1, 0.15) is 17.7 Å². The van der Waals surface area contributed by atoms with Crippen molar-refractivity contribution in [1.82, 2.24) is 15.5 Å². The van der Waals surface area contributed by atoms with E-state index in [0.717, 1.165) is 0 Å². The van der Waals surface area contributed by atoms with E-state index in [9.17, 15) is 14.4 Å². The van der Waals surface area contributed by atoms with Gasteiger partial charge in [-0.1, -0.05) is 12.2 Å². The van der Waals surface area contributed by atoms with Crippen LogP contribution in [0.25, 0.3) is 0 Å². The van der Waals surface area contributed by atoms with E-state index < -0.39 is 23.8 Å². The molecule has 1 saturated heterocycles. The van der Waals surface area contributed by atoms with Crippen LogP contribution in [0.2, 0.25) is 0 Å². The number of carbonyl (C=O) groups is 3. The summed E-state index contributed by atoms with van der Waals surface area (Å²) in [6, 6.07) is -1.46. The Morgan fingerprint density at radius 2 is 2.14 bits per heavy atom. The highest BCUT2D eigenvalue weighted by Crippen LogP contribution is 2.19. The largest absolute Gasteiger partial charge is 0.444 e. The third-order valence-corrected chi connectivity index (χ3v) is 3.31. The van der Waals surface area contributed by atoms with Crippen LogP contribution in [0.5, 0.6) is 0 Å². The molecule has 0 aliphatic carbocycles. The van der Waals surface area contributed by atoms with E-state index in [1.54, 1.807) is 26.8 Å². The number of carbonyl (C=O) groups excluding carboxylic acids is 3. The first-order valence-electron chi connectivity index (χ1n) is 6.50. The fourth-order valence-electron chi connectivity index (χ4n) is 2.04. The molecule has 0 aromatic heterocycles. The summed E-state index contributed by atoms with van der Waals surface area (Å²) in [7, 11) is 0. The van der Waals surface area contributed by atoms with Crippen LogP contribution in [0, 0.1) is 0 Å². The maximum Gasteiger partial charge on any atom is 0.408 e. The van der Waals surface area contributed by atoms with Crippen molar-refractivity contribution in [3.05, 3.63) is 12.3 Å². The molecule has 0 radical (unpaired) electrons. The zero-order valence-corrected chi connectivity index (χ0v) is 12.8. The van der Waals surface area contributed by atoms with Crippen molar-refractivity contribution in [2.24, 2.45) is 0 Å². The number of hydrogen-bond donors (Lipinski definition) is 2. The van der Waals surface area contributed by atoms with Crippen molar-refractivity contribution in [1.29, 1.82) is 0 Å². The number of ether oxygens (including phenoxy) is 1. The molecule has 0 bridgehead atoms. The van der Waals surface area contributed by atoms with E-state index in [1.165, 1.54) is 11.1 Å². The van der Waals surface area contributed by atoms with E-state index in [-0.39, 0.29) is 18.4 Å². The number of β-lactam (4-membered cyclic amide) rings is 1. The fourth-order valence-corrected chi connectivity index (χ4v) is 2.35. The minimum absolute atomic E-state index is 0.226. The second-order valence-electron chi connectivity index (χ2n) is 5.84. The smallest absolute Gasteiger partial charge is 0.408 e. The standard InChI is InChI=1S/C13H17N3O4S/c1-13(2,3)20-12(19)15-7-6-16(11(7)18)9-8(21)4-5-14-10(9)17/h4-5,7,9H,6H2,1-3H3,(H,14,17)(H,15,19)/t7?,9-/m1/s1. The number of hydrogen-bond acceptors (Lipinski definition) is 5. The van der Waals surface area contributed by atoms with Gasteiger partial charge in [0.2, 0.25) is 5.91 Å². The summed E-state index contributed by atoms with van der Waals surface area (Å²) in [4.78, 5) is 37.1. The van der Waals surface area contributed by atoms with Crippen LogP contribution in [0.4, 0.5) is 4.79 Å². The molecule has 0 spiro atoms. The summed E-state index contributed by atoms with van der Waals surface area (Å²) in [6.45, 7) is 5.43. The molecule has 8 heteroatoms. The van der Waals surface area contributed by atoms with Gasteiger partial charge < -0.3 is 20.3 Å². The summed E-state index contributed by atoms with van der Waals surface area (Å²) >= 11 is 5.08. The fraction of sp³-hybridized carbons (Fsp3) is 0.538. The number of alkyl carbamates (subject to hydrolysis) is 1. The topological polar surface area (TPSA) is 87.7 Å². The van der Waals surface area contributed by atoms with Gasteiger partial charge in [-0.2, -0.15) is 0 Å². The van der Waals surface area contributed by atoms with Gasteiger partial charge in [-0.25, -0.2) is 4.79 Å². The Kier molecular flexibility index (Phi) is 3.99. The lowest BCUT2D eigenvalue weighted by Gasteiger charge is -2.43. The van der Waals surface area contributed by atoms with Crippen LogP contribution >= 0.6 is 12.2 Å². The summed E-state index contributed by atoms with van der Waals surface area (Å²) < 4.78 is 5.08. The normalized spacial score (nSPS) is 25.3. The van der Waals surface area contributed by atoms with Crippen molar-refractivity contribution in [2.45, 2.75) is 38.5 Å². The molecule has 2 heterocycles. The first-order chi connectivity index (χ1) is 9.69. The first-order valence-corrected chi connectivity index (χ1v) is 6.90. The number of likely N-dealkylation sites (tertiary alicyclic amines) is 1. The minimum Gasteiger partial charge on any atom is -0.444 e. The highest BCUT2D eigenvalue weighted by atomic mass is 32.1. The molecule has 2 N–H and O–H groups in total. The molecule has 2 aliphatic heterocycles. The van der Waals surface area contributed by atoms with Crippen LogP contribution in [0.1, 0.15) is 20.8 Å². The van der Waals surface area contributed by atoms with Gasteiger partial charge in [-0.15, -0.1) is 0 Å². The predicted octanol–water partition coefficient (Wildman–Crippen LogP) is 0.104. The molecule has 3 amide bonds. The predicted molar refractivity (Wildman–Crippen MR) is 78.5 cm³/mol. The molecule has 1 unspecified atom stereocenters. The molecule has 2 rings (SSSR count). The quantitative estimate of drug-likeness (QED) is 0.558. The molecule has 0 aromatic rings. The molecule has 0 saturated carbocycles. The summed E-state index contributed by atoms with van der Waals surface area (Å²) in [5.74, 6) is -0.690. The molecule has 1 fully saturated rings. The number of amides is 3. The average molecular weight is 311 g/mol. The summed E-state index contributed by atoms with van der Waals surface area (Å²) in [6.07, 6.45) is 2.36. The van der Waals surface area contributed by atoms with Gasteiger partial charge in [0.25, 0.3) is 5.91 Å². The highest BCUT2D eigenvalue weighted by Gasteiger charge is 2.46. The maximum absolute atomic E-state index is 12.0. The van der Waals surface area contributed by atoms with Crippen molar-refractivity contribution in [2.75, 3.05) is 6.54 Å². The van der Waals surface area contributed by atoms with Crippen LogP contribution in [-0.2, 0) is 14.3 Å². The Morgan fingerprint density at radius 1 is 1.48 bits per heavy atom. The average Bonchev–Trinajstić information content (AvgIpc) is 2.33. The summed E-state index contributed by atoms with van der Waals surface area (Å²) in [5, 5.41) is 4.98. The Labute approximate surface area is 127 Å². The Hall–Kier alpha value is -1.96. The Balaban J connectivity index is 1.92. The second kappa shape index (κ2) is 5.44. The third-order valence-electron chi connectivity index (χ3n) is 2.95. The highest BCUT2D eigenvalue weighted by molar-refractivity contribution is 7.81. The number of nitrogens with one attached hydrogen (secondary N) is 2. The van der Waals surface area contributed by atoms with Gasteiger partial charge in [0.15, 0.2) is 0 Å². The van der Waals surface area contributed by atoms with Crippen LogP contribution in [-0.4, -0.2) is 51.9 Å².